The molecule has 3 N–H and O–H groups in total. The van der Waals surface area contributed by atoms with Gasteiger partial charge in [0.2, 0.25) is 0 Å². The summed E-state index contributed by atoms with van der Waals surface area (Å²) in [5, 5.41) is 18.7. The second kappa shape index (κ2) is 8.18. The molecule has 0 unspecified atom stereocenters. The van der Waals surface area contributed by atoms with Gasteiger partial charge in [-0.3, -0.25) is 10.5 Å². The Bertz CT molecular complexity index is 1060. The standard InChI is InChI=1S/C21H14N4OS/c22-11-17-10-18(12-23)21(25-20(17)24)27-13-19(26)16-8-6-15(7-9-16)14-4-2-1-3-5-14/h1-10H,13H2,(H2,24,25)/p+1. The topological polar surface area (TPSA) is 105 Å². The Hall–Kier alpha value is -3.61. The molecular weight excluding hydrogens is 356 g/mol. The minimum atomic E-state index is -0.0557. The van der Waals surface area contributed by atoms with Gasteiger partial charge >= 0.3 is 0 Å². The highest BCUT2D eigenvalue weighted by molar-refractivity contribution is 7.99. The van der Waals surface area contributed by atoms with E-state index in [2.05, 4.69) is 4.98 Å². The summed E-state index contributed by atoms with van der Waals surface area (Å²) in [5.41, 5.74) is 8.99. The van der Waals surface area contributed by atoms with Gasteiger partial charge in [-0.2, -0.15) is 10.5 Å². The molecule has 2 aromatic carbocycles. The van der Waals surface area contributed by atoms with E-state index in [0.29, 0.717) is 10.6 Å². The van der Waals surface area contributed by atoms with Gasteiger partial charge in [0.15, 0.2) is 10.8 Å². The molecule has 0 aliphatic carbocycles. The van der Waals surface area contributed by atoms with Crippen LogP contribution in [-0.2, 0) is 0 Å². The van der Waals surface area contributed by atoms with E-state index in [0.717, 1.165) is 11.1 Å². The normalized spacial score (nSPS) is 10.0. The van der Waals surface area contributed by atoms with Crippen LogP contribution in [0.15, 0.2) is 65.7 Å². The maximum Gasteiger partial charge on any atom is 0.289 e. The Morgan fingerprint density at radius 2 is 1.59 bits per heavy atom. The summed E-state index contributed by atoms with van der Waals surface area (Å²) in [6.07, 6.45) is 0. The van der Waals surface area contributed by atoms with Gasteiger partial charge < -0.3 is 0 Å². The monoisotopic (exact) mass is 371 g/mol. The molecule has 0 amide bonds. The van der Waals surface area contributed by atoms with Crippen LogP contribution in [-0.4, -0.2) is 11.5 Å². The van der Waals surface area contributed by atoms with Crippen molar-refractivity contribution in [2.45, 2.75) is 5.03 Å². The lowest BCUT2D eigenvalue weighted by atomic mass is 10.0. The average Bonchev–Trinajstić information content (AvgIpc) is 2.72. The van der Waals surface area contributed by atoms with Crippen molar-refractivity contribution in [3.63, 3.8) is 0 Å². The summed E-state index contributed by atoms with van der Waals surface area (Å²) in [4.78, 5) is 15.3. The van der Waals surface area contributed by atoms with Gasteiger partial charge in [-0.15, -0.1) is 0 Å². The molecular formula is C21H15N4OS+. The molecule has 5 nitrogen and oxygen atoms in total. The molecule has 0 aliphatic rings. The highest BCUT2D eigenvalue weighted by atomic mass is 32.2. The minimum absolute atomic E-state index is 0.0557. The van der Waals surface area contributed by atoms with Gasteiger partial charge in [0.25, 0.3) is 5.82 Å². The number of Topliss-reactive ketones (excluding diaryl/α,β-unsaturated/α-hetero) is 1. The Morgan fingerprint density at radius 1 is 0.963 bits per heavy atom. The third kappa shape index (κ3) is 4.14. The number of nitriles is 2. The van der Waals surface area contributed by atoms with Crippen molar-refractivity contribution in [1.29, 1.82) is 10.5 Å². The number of hydrogen-bond acceptors (Lipinski definition) is 5. The zero-order chi connectivity index (χ0) is 19.2. The zero-order valence-electron chi connectivity index (χ0n) is 14.3. The van der Waals surface area contributed by atoms with Crippen molar-refractivity contribution in [1.82, 2.24) is 0 Å². The number of carbonyl (C=O) groups is 1. The van der Waals surface area contributed by atoms with Gasteiger partial charge in [-0.25, -0.2) is 4.98 Å². The van der Waals surface area contributed by atoms with Gasteiger partial charge in [0.05, 0.1) is 5.75 Å². The molecule has 0 radical (unpaired) electrons. The second-order valence-corrected chi connectivity index (χ2v) is 6.70. The molecule has 3 aromatic rings. The fourth-order valence-corrected chi connectivity index (χ4v) is 3.42. The number of pyridine rings is 1. The van der Waals surface area contributed by atoms with Crippen LogP contribution in [0.5, 0.6) is 0 Å². The minimum Gasteiger partial charge on any atom is -0.293 e. The highest BCUT2D eigenvalue weighted by Gasteiger charge is 2.16. The van der Waals surface area contributed by atoms with E-state index in [1.807, 2.05) is 54.6 Å². The van der Waals surface area contributed by atoms with Crippen LogP contribution in [0.2, 0.25) is 0 Å². The second-order valence-electron chi connectivity index (χ2n) is 5.72. The number of hydrogen-bond donors (Lipinski definition) is 1. The summed E-state index contributed by atoms with van der Waals surface area (Å²) in [7, 11) is 0. The van der Waals surface area contributed by atoms with E-state index < -0.39 is 0 Å². The van der Waals surface area contributed by atoms with Crippen LogP contribution in [0.4, 0.5) is 5.82 Å². The molecule has 1 aromatic heterocycles. The quantitative estimate of drug-likeness (QED) is 0.546. The van der Waals surface area contributed by atoms with Crippen LogP contribution in [0.1, 0.15) is 21.5 Å². The smallest absolute Gasteiger partial charge is 0.289 e. The molecule has 0 bridgehead atoms. The Kier molecular flexibility index (Phi) is 5.51. The number of aromatic amines is 1. The first-order chi connectivity index (χ1) is 13.1. The van der Waals surface area contributed by atoms with E-state index in [9.17, 15) is 10.1 Å². The first-order valence-electron chi connectivity index (χ1n) is 8.10. The van der Waals surface area contributed by atoms with E-state index in [1.54, 1.807) is 12.1 Å². The number of H-pyrrole nitrogens is 1. The van der Waals surface area contributed by atoms with Crippen LogP contribution >= 0.6 is 11.8 Å². The number of ketones is 1. The maximum absolute atomic E-state index is 12.5. The summed E-state index contributed by atoms with van der Waals surface area (Å²) in [6, 6.07) is 22.7. The summed E-state index contributed by atoms with van der Waals surface area (Å²) < 4.78 is 0. The maximum atomic E-state index is 12.5. The van der Waals surface area contributed by atoms with E-state index in [4.69, 9.17) is 11.0 Å². The first-order valence-corrected chi connectivity index (χ1v) is 9.08. The third-order valence-electron chi connectivity index (χ3n) is 3.97. The predicted octanol–water partition coefficient (Wildman–Crippen LogP) is 3.47. The lowest BCUT2D eigenvalue weighted by Crippen LogP contribution is -2.17. The first kappa shape index (κ1) is 18.2. The van der Waals surface area contributed by atoms with E-state index in [-0.39, 0.29) is 28.5 Å². The Balaban J connectivity index is 1.73. The molecule has 3 rings (SSSR count). The number of nitrogens with one attached hydrogen (secondary N) is 1. The highest BCUT2D eigenvalue weighted by Crippen LogP contribution is 2.23. The van der Waals surface area contributed by atoms with Crippen molar-refractivity contribution < 1.29 is 9.78 Å². The fraction of sp³-hybridized carbons (Fsp3) is 0.0476. The number of anilines is 1. The van der Waals surface area contributed by atoms with Crippen molar-refractivity contribution in [3.8, 4) is 23.3 Å². The van der Waals surface area contributed by atoms with Gasteiger partial charge in [0.1, 0.15) is 23.3 Å². The van der Waals surface area contributed by atoms with Crippen molar-refractivity contribution in [2.75, 3.05) is 11.5 Å². The number of aromatic nitrogens is 1. The largest absolute Gasteiger partial charge is 0.293 e. The Labute approximate surface area is 161 Å². The molecule has 1 heterocycles. The number of nitrogens with zero attached hydrogens (tertiary/aromatic N) is 2. The molecule has 0 atom stereocenters. The molecule has 27 heavy (non-hydrogen) atoms. The third-order valence-corrected chi connectivity index (χ3v) is 4.99. The molecule has 0 fully saturated rings. The SMILES string of the molecule is N#Cc1cc(C#N)c(SCC(=O)c2ccc(-c3ccccc3)cc2)[nH+]c1N. The lowest BCUT2D eigenvalue weighted by molar-refractivity contribution is -0.410. The number of benzene rings is 2. The number of rotatable bonds is 5. The molecule has 0 aliphatic heterocycles. The van der Waals surface area contributed by atoms with Gasteiger partial charge in [0, 0.05) is 5.56 Å². The molecule has 0 saturated carbocycles. The number of carbonyl (C=O) groups excluding carboxylic acids is 1. The van der Waals surface area contributed by atoms with Crippen LogP contribution in [0.3, 0.4) is 0 Å². The van der Waals surface area contributed by atoms with E-state index in [1.165, 1.54) is 17.8 Å². The van der Waals surface area contributed by atoms with Crippen molar-refractivity contribution in [3.05, 3.63) is 77.4 Å². The molecule has 130 valence electrons. The molecule has 6 heteroatoms. The molecule has 0 saturated heterocycles. The zero-order valence-corrected chi connectivity index (χ0v) is 15.1. The van der Waals surface area contributed by atoms with Crippen LogP contribution < -0.4 is 10.7 Å². The van der Waals surface area contributed by atoms with Crippen molar-refractivity contribution in [2.24, 2.45) is 0 Å². The number of thioether (sulfide) groups is 1. The summed E-state index contributed by atoms with van der Waals surface area (Å²) >= 11 is 1.19. The average molecular weight is 371 g/mol. The number of nitrogens with two attached hydrogens (primary N) is 1. The van der Waals surface area contributed by atoms with E-state index >= 15 is 0 Å². The van der Waals surface area contributed by atoms with Gasteiger partial charge in [-0.1, -0.05) is 66.4 Å². The fourth-order valence-electron chi connectivity index (χ4n) is 2.53. The summed E-state index contributed by atoms with van der Waals surface area (Å²) in [5.74, 6) is 0.278. The molecule has 0 spiro atoms. The van der Waals surface area contributed by atoms with Gasteiger partial charge in [-0.05, 0) is 17.2 Å². The predicted molar refractivity (Wildman–Crippen MR) is 104 cm³/mol. The Morgan fingerprint density at radius 3 is 2.22 bits per heavy atom. The van der Waals surface area contributed by atoms with Crippen molar-refractivity contribution >= 4 is 23.4 Å². The van der Waals surface area contributed by atoms with Crippen LogP contribution in [0, 0.1) is 22.7 Å². The van der Waals surface area contributed by atoms with Crippen LogP contribution in [0.25, 0.3) is 11.1 Å². The number of nitrogen functional groups attached to an aromatic ring is 1. The summed E-state index contributed by atoms with van der Waals surface area (Å²) in [6.45, 7) is 0. The lowest BCUT2D eigenvalue weighted by Gasteiger charge is -2.05.